The van der Waals surface area contributed by atoms with Crippen molar-refractivity contribution in [2.45, 2.75) is 12.8 Å². The van der Waals surface area contributed by atoms with Gasteiger partial charge in [-0.3, -0.25) is 14.5 Å². The highest BCUT2D eigenvalue weighted by Crippen LogP contribution is 2.40. The monoisotopic (exact) mass is 383 g/mol. The number of carbonyl (C=O) groups excluding carboxylic acids is 2. The second-order valence-corrected chi connectivity index (χ2v) is 7.43. The molecule has 1 aliphatic carbocycles. The van der Waals surface area contributed by atoms with Crippen LogP contribution >= 0.6 is 0 Å². The van der Waals surface area contributed by atoms with Gasteiger partial charge in [-0.05, 0) is 41.6 Å². The highest BCUT2D eigenvalue weighted by atomic mass is 16.2. The summed E-state index contributed by atoms with van der Waals surface area (Å²) < 4.78 is 0. The number of hydrogen-bond acceptors (Lipinski definition) is 5. The summed E-state index contributed by atoms with van der Waals surface area (Å²) in [5, 5.41) is 13.2. The maximum absolute atomic E-state index is 12.6. The molecule has 7 nitrogen and oxygen atoms in total. The Labute approximate surface area is 166 Å². The van der Waals surface area contributed by atoms with Gasteiger partial charge in [0.25, 0.3) is 0 Å². The lowest BCUT2D eigenvalue weighted by molar-refractivity contribution is -0.118. The number of rotatable bonds is 3. The van der Waals surface area contributed by atoms with Gasteiger partial charge in [-0.15, -0.1) is 0 Å². The Morgan fingerprint density at radius 2 is 2.10 bits per heavy atom. The third-order valence-electron chi connectivity index (χ3n) is 5.48. The lowest BCUT2D eigenvalue weighted by Crippen LogP contribution is -2.21. The molecular weight excluding hydrogens is 366 g/mol. The van der Waals surface area contributed by atoms with E-state index in [1.165, 1.54) is 0 Å². The highest BCUT2D eigenvalue weighted by Gasteiger charge is 2.43. The van der Waals surface area contributed by atoms with E-state index in [0.717, 1.165) is 22.0 Å². The molecule has 0 bridgehead atoms. The number of nitrogens with zero attached hydrogens (tertiary/aromatic N) is 3. The van der Waals surface area contributed by atoms with Crippen LogP contribution in [0, 0.1) is 23.2 Å². The first-order valence-electron chi connectivity index (χ1n) is 9.36. The molecule has 3 aromatic rings. The van der Waals surface area contributed by atoms with Gasteiger partial charge < -0.3 is 11.1 Å². The fourth-order valence-corrected chi connectivity index (χ4v) is 3.85. The van der Waals surface area contributed by atoms with E-state index >= 15 is 0 Å². The van der Waals surface area contributed by atoms with Crippen molar-refractivity contribution in [3.63, 3.8) is 0 Å². The maximum atomic E-state index is 12.6. The molecule has 7 heteroatoms. The van der Waals surface area contributed by atoms with Gasteiger partial charge in [-0.2, -0.15) is 5.26 Å². The molecule has 1 fully saturated rings. The second kappa shape index (κ2) is 6.31. The Hall–Kier alpha value is -3.92. The third kappa shape index (κ3) is 2.86. The van der Waals surface area contributed by atoms with Gasteiger partial charge in [-0.1, -0.05) is 18.2 Å². The highest BCUT2D eigenvalue weighted by molar-refractivity contribution is 6.10. The molecule has 3 N–H and O–H groups in total. The number of aromatic nitrogens is 1. The van der Waals surface area contributed by atoms with E-state index in [0.29, 0.717) is 30.0 Å². The van der Waals surface area contributed by atoms with Gasteiger partial charge in [0.05, 0.1) is 35.7 Å². The summed E-state index contributed by atoms with van der Waals surface area (Å²) in [6.45, 7) is 0. The summed E-state index contributed by atoms with van der Waals surface area (Å²) in [6.07, 6.45) is 2.55. The molecule has 0 spiro atoms. The summed E-state index contributed by atoms with van der Waals surface area (Å²) in [5.41, 5.74) is 9.26. The molecular formula is C22H17N5O2. The van der Waals surface area contributed by atoms with Gasteiger partial charge >= 0.3 is 0 Å². The van der Waals surface area contributed by atoms with Crippen LogP contribution in [-0.4, -0.2) is 16.8 Å². The van der Waals surface area contributed by atoms with Gasteiger partial charge in [0, 0.05) is 17.3 Å². The summed E-state index contributed by atoms with van der Waals surface area (Å²) in [7, 11) is 0. The van der Waals surface area contributed by atoms with Crippen LogP contribution in [0.3, 0.4) is 0 Å². The van der Waals surface area contributed by atoms with Crippen LogP contribution in [0.1, 0.15) is 12.0 Å². The van der Waals surface area contributed by atoms with E-state index < -0.39 is 0 Å². The van der Waals surface area contributed by atoms with Crippen molar-refractivity contribution in [1.82, 2.24) is 4.98 Å². The molecule has 0 radical (unpaired) electrons. The number of pyridine rings is 1. The quantitative estimate of drug-likeness (QED) is 0.675. The number of nitrogens with two attached hydrogens (primary N) is 1. The Balaban J connectivity index is 1.51. The van der Waals surface area contributed by atoms with Gasteiger partial charge in [-0.25, -0.2) is 4.98 Å². The summed E-state index contributed by atoms with van der Waals surface area (Å²) in [4.78, 5) is 30.8. The molecule has 1 aliphatic heterocycles. The van der Waals surface area contributed by atoms with Crippen molar-refractivity contribution in [3.05, 3.63) is 54.2 Å². The topological polar surface area (TPSA) is 112 Å². The number of amides is 2. The average molecular weight is 383 g/mol. The molecule has 142 valence electrons. The molecule has 29 heavy (non-hydrogen) atoms. The minimum atomic E-state index is -0.271. The largest absolute Gasteiger partial charge is 0.398 e. The third-order valence-corrected chi connectivity index (χ3v) is 5.48. The first-order chi connectivity index (χ1) is 14.0. The summed E-state index contributed by atoms with van der Waals surface area (Å²) >= 11 is 0. The van der Waals surface area contributed by atoms with Crippen LogP contribution in [0.25, 0.3) is 10.8 Å². The molecule has 2 amide bonds. The number of para-hydroxylation sites is 1. The number of nitrogens with one attached hydrogen (secondary N) is 1. The minimum absolute atomic E-state index is 0.0104. The Kier molecular flexibility index (Phi) is 3.74. The van der Waals surface area contributed by atoms with Crippen LogP contribution in [0.15, 0.2) is 48.7 Å². The zero-order chi connectivity index (χ0) is 20.1. The number of nitrogen functional groups attached to an aromatic ring is 1. The van der Waals surface area contributed by atoms with Crippen molar-refractivity contribution in [3.8, 4) is 6.07 Å². The van der Waals surface area contributed by atoms with E-state index in [1.54, 1.807) is 23.2 Å². The molecule has 2 heterocycles. The number of fused-ring (bicyclic) bond motifs is 2. The smallest absolute Gasteiger partial charge is 0.236 e. The van der Waals surface area contributed by atoms with E-state index in [4.69, 9.17) is 11.0 Å². The van der Waals surface area contributed by atoms with E-state index in [1.807, 2.05) is 30.3 Å². The van der Waals surface area contributed by atoms with Gasteiger partial charge in [0.1, 0.15) is 5.82 Å². The van der Waals surface area contributed by atoms with Crippen molar-refractivity contribution >= 4 is 45.5 Å². The summed E-state index contributed by atoms with van der Waals surface area (Å²) in [6, 6.07) is 15.2. The van der Waals surface area contributed by atoms with Gasteiger partial charge in [0.2, 0.25) is 11.8 Å². The van der Waals surface area contributed by atoms with Crippen LogP contribution in [0.5, 0.6) is 0 Å². The molecule has 2 atom stereocenters. The molecule has 2 aromatic carbocycles. The van der Waals surface area contributed by atoms with E-state index in [2.05, 4.69) is 16.4 Å². The SMILES string of the molecule is N#C[C@@H]1C[C@H]1C(=O)Nc1cc2cc(N3C(=O)Cc4ccccc43)cc(N)c2cn1. The molecule has 1 saturated carbocycles. The Morgan fingerprint density at radius 3 is 2.90 bits per heavy atom. The number of hydrogen-bond donors (Lipinski definition) is 2. The number of nitriles is 1. The maximum Gasteiger partial charge on any atom is 0.236 e. The van der Waals surface area contributed by atoms with Crippen LogP contribution < -0.4 is 16.0 Å². The van der Waals surface area contributed by atoms with Crippen LogP contribution in [0.4, 0.5) is 22.9 Å². The predicted molar refractivity (Wildman–Crippen MR) is 109 cm³/mol. The standard InChI is InChI=1S/C22H17N5O2/c23-10-14-6-16(14)22(29)26-20-7-13-5-15(9-18(24)17(13)11-25-20)27-19-4-2-1-3-12(19)8-21(27)28/h1-5,7,9,11,14,16H,6,8,24H2,(H,25,26,29)/t14-,16+/m0/s1. The lowest BCUT2D eigenvalue weighted by atomic mass is 10.1. The van der Waals surface area contributed by atoms with E-state index in [9.17, 15) is 9.59 Å². The van der Waals surface area contributed by atoms with Crippen LogP contribution in [-0.2, 0) is 16.0 Å². The van der Waals surface area contributed by atoms with Crippen LogP contribution in [0.2, 0.25) is 0 Å². The first-order valence-corrected chi connectivity index (χ1v) is 9.36. The van der Waals surface area contributed by atoms with Crippen molar-refractivity contribution in [1.29, 1.82) is 5.26 Å². The van der Waals surface area contributed by atoms with Crippen molar-refractivity contribution < 1.29 is 9.59 Å². The summed E-state index contributed by atoms with van der Waals surface area (Å²) in [5.74, 6) is -0.289. The first kappa shape index (κ1) is 17.2. The molecule has 2 aliphatic rings. The number of anilines is 4. The molecule has 0 saturated heterocycles. The molecule has 1 aromatic heterocycles. The predicted octanol–water partition coefficient (Wildman–Crippen LogP) is 3.14. The van der Waals surface area contributed by atoms with Crippen molar-refractivity contribution in [2.75, 3.05) is 16.0 Å². The fourth-order valence-electron chi connectivity index (χ4n) is 3.85. The zero-order valence-corrected chi connectivity index (χ0v) is 15.4. The van der Waals surface area contributed by atoms with E-state index in [-0.39, 0.29) is 23.7 Å². The lowest BCUT2D eigenvalue weighted by Gasteiger charge is -2.19. The average Bonchev–Trinajstić information content (AvgIpc) is 3.42. The fraction of sp³-hybridized carbons (Fsp3) is 0.182. The molecule has 5 rings (SSSR count). The minimum Gasteiger partial charge on any atom is -0.398 e. The van der Waals surface area contributed by atoms with Crippen molar-refractivity contribution in [2.24, 2.45) is 11.8 Å². The Bertz CT molecular complexity index is 1230. The van der Waals surface area contributed by atoms with Gasteiger partial charge in [0.15, 0.2) is 0 Å². The number of benzene rings is 2. The second-order valence-electron chi connectivity index (χ2n) is 7.43. The number of carbonyl (C=O) groups is 2. The normalized spacial score (nSPS) is 19.7. The molecule has 0 unspecified atom stereocenters. The Morgan fingerprint density at radius 1 is 1.28 bits per heavy atom. The zero-order valence-electron chi connectivity index (χ0n) is 15.4.